The molecule has 0 atom stereocenters. The maximum atomic E-state index is 11.4. The Balaban J connectivity index is 2.67. The van der Waals surface area contributed by atoms with Gasteiger partial charge in [-0.05, 0) is 18.2 Å². The van der Waals surface area contributed by atoms with Crippen LogP contribution in [0.3, 0.4) is 0 Å². The first kappa shape index (κ1) is 9.21. The molecule has 2 aromatic rings. The molecule has 4 nitrogen and oxygen atoms in total. The molecule has 0 fully saturated rings. The van der Waals surface area contributed by atoms with Crippen molar-refractivity contribution in [2.45, 2.75) is 0 Å². The Kier molecular flexibility index (Phi) is 2.25. The van der Waals surface area contributed by atoms with E-state index in [1.165, 1.54) is 0 Å². The molecule has 0 aliphatic heterocycles. The molecular formula is C9H8BrN3O. The van der Waals surface area contributed by atoms with Gasteiger partial charge in [-0.2, -0.15) is 5.10 Å². The first-order valence-corrected chi connectivity index (χ1v) is 4.87. The summed E-state index contributed by atoms with van der Waals surface area (Å²) in [7, 11) is 1.58. The minimum atomic E-state index is -0.186. The van der Waals surface area contributed by atoms with Crippen molar-refractivity contribution in [2.75, 3.05) is 7.05 Å². The maximum Gasteiger partial charge on any atom is 0.272 e. The van der Waals surface area contributed by atoms with Crippen LogP contribution in [0, 0.1) is 0 Å². The van der Waals surface area contributed by atoms with Crippen LogP contribution in [0.25, 0.3) is 10.9 Å². The van der Waals surface area contributed by atoms with Crippen molar-refractivity contribution in [3.8, 4) is 0 Å². The summed E-state index contributed by atoms with van der Waals surface area (Å²) in [6, 6.07) is 5.64. The van der Waals surface area contributed by atoms with E-state index in [9.17, 15) is 4.79 Å². The van der Waals surface area contributed by atoms with E-state index >= 15 is 0 Å². The van der Waals surface area contributed by atoms with Crippen LogP contribution in [0.2, 0.25) is 0 Å². The summed E-state index contributed by atoms with van der Waals surface area (Å²) in [5.41, 5.74) is 1.27. The lowest BCUT2D eigenvalue weighted by Gasteiger charge is -1.95. The SMILES string of the molecule is CNC(=O)c1n[nH]c2ccc(Br)cc12. The number of rotatable bonds is 1. The molecule has 2 N–H and O–H groups in total. The summed E-state index contributed by atoms with van der Waals surface area (Å²) in [6.45, 7) is 0. The first-order chi connectivity index (χ1) is 6.72. The minimum Gasteiger partial charge on any atom is -0.354 e. The van der Waals surface area contributed by atoms with Gasteiger partial charge < -0.3 is 5.32 Å². The van der Waals surface area contributed by atoms with Gasteiger partial charge in [0.2, 0.25) is 0 Å². The molecule has 1 heterocycles. The number of benzene rings is 1. The van der Waals surface area contributed by atoms with E-state index in [1.807, 2.05) is 18.2 Å². The van der Waals surface area contributed by atoms with Crippen molar-refractivity contribution in [1.29, 1.82) is 0 Å². The van der Waals surface area contributed by atoms with Crippen LogP contribution in [0.4, 0.5) is 0 Å². The number of H-pyrrole nitrogens is 1. The summed E-state index contributed by atoms with van der Waals surface area (Å²) in [5.74, 6) is -0.186. The fraction of sp³-hybridized carbons (Fsp3) is 0.111. The van der Waals surface area contributed by atoms with Crippen molar-refractivity contribution in [3.63, 3.8) is 0 Å². The van der Waals surface area contributed by atoms with Crippen molar-refractivity contribution >= 4 is 32.7 Å². The lowest BCUT2D eigenvalue weighted by Crippen LogP contribution is -2.18. The maximum absolute atomic E-state index is 11.4. The van der Waals surface area contributed by atoms with E-state index in [0.717, 1.165) is 15.4 Å². The largest absolute Gasteiger partial charge is 0.354 e. The summed E-state index contributed by atoms with van der Waals surface area (Å²) in [5, 5.41) is 10.1. The van der Waals surface area contributed by atoms with Gasteiger partial charge in [0.1, 0.15) is 0 Å². The van der Waals surface area contributed by atoms with Crippen LogP contribution in [-0.4, -0.2) is 23.2 Å². The van der Waals surface area contributed by atoms with E-state index in [2.05, 4.69) is 31.4 Å². The lowest BCUT2D eigenvalue weighted by molar-refractivity contribution is 0.0959. The number of hydrogen-bond donors (Lipinski definition) is 2. The number of carbonyl (C=O) groups is 1. The number of aromatic nitrogens is 2. The molecule has 72 valence electrons. The number of aromatic amines is 1. The highest BCUT2D eigenvalue weighted by Gasteiger charge is 2.12. The Bertz CT molecular complexity index is 492. The third kappa shape index (κ3) is 1.39. The average Bonchev–Trinajstić information content (AvgIpc) is 2.59. The molecule has 0 aliphatic rings. The lowest BCUT2D eigenvalue weighted by atomic mass is 10.2. The van der Waals surface area contributed by atoms with Crippen LogP contribution in [0.15, 0.2) is 22.7 Å². The molecule has 5 heteroatoms. The Morgan fingerprint density at radius 3 is 3.07 bits per heavy atom. The molecule has 2 rings (SSSR count). The molecule has 1 amide bonds. The van der Waals surface area contributed by atoms with Crippen LogP contribution < -0.4 is 5.32 Å². The van der Waals surface area contributed by atoms with Gasteiger partial charge in [-0.1, -0.05) is 15.9 Å². The molecule has 0 unspecified atom stereocenters. The zero-order chi connectivity index (χ0) is 10.1. The van der Waals surface area contributed by atoms with Crippen molar-refractivity contribution in [2.24, 2.45) is 0 Å². The smallest absolute Gasteiger partial charge is 0.272 e. The van der Waals surface area contributed by atoms with E-state index in [0.29, 0.717) is 5.69 Å². The number of nitrogens with zero attached hydrogens (tertiary/aromatic N) is 1. The standard InChI is InChI=1S/C9H8BrN3O/c1-11-9(14)8-6-4-5(10)2-3-7(6)12-13-8/h2-4H,1H3,(H,11,14)(H,12,13). The third-order valence-electron chi connectivity index (χ3n) is 1.97. The summed E-state index contributed by atoms with van der Waals surface area (Å²) >= 11 is 3.35. The number of halogens is 1. The van der Waals surface area contributed by atoms with Gasteiger partial charge in [-0.3, -0.25) is 9.89 Å². The number of nitrogens with one attached hydrogen (secondary N) is 2. The summed E-state index contributed by atoms with van der Waals surface area (Å²) in [6.07, 6.45) is 0. The van der Waals surface area contributed by atoms with Gasteiger partial charge in [0, 0.05) is 16.9 Å². The van der Waals surface area contributed by atoms with Crippen LogP contribution in [-0.2, 0) is 0 Å². The highest BCUT2D eigenvalue weighted by molar-refractivity contribution is 9.10. The van der Waals surface area contributed by atoms with E-state index < -0.39 is 0 Å². The minimum absolute atomic E-state index is 0.186. The zero-order valence-electron chi connectivity index (χ0n) is 7.47. The number of carbonyl (C=O) groups excluding carboxylic acids is 1. The van der Waals surface area contributed by atoms with Crippen molar-refractivity contribution in [1.82, 2.24) is 15.5 Å². The number of fused-ring (bicyclic) bond motifs is 1. The van der Waals surface area contributed by atoms with Crippen molar-refractivity contribution < 1.29 is 4.79 Å². The molecule has 0 radical (unpaired) electrons. The van der Waals surface area contributed by atoms with Gasteiger partial charge in [-0.25, -0.2) is 0 Å². The second kappa shape index (κ2) is 3.42. The Hall–Kier alpha value is -1.36. The van der Waals surface area contributed by atoms with E-state index in [-0.39, 0.29) is 5.91 Å². The summed E-state index contributed by atoms with van der Waals surface area (Å²) in [4.78, 5) is 11.4. The van der Waals surface area contributed by atoms with Crippen LogP contribution in [0.5, 0.6) is 0 Å². The molecule has 0 spiro atoms. The molecule has 14 heavy (non-hydrogen) atoms. The predicted molar refractivity (Wildman–Crippen MR) is 57.2 cm³/mol. The van der Waals surface area contributed by atoms with Crippen LogP contribution in [0.1, 0.15) is 10.5 Å². The third-order valence-corrected chi connectivity index (χ3v) is 2.46. The van der Waals surface area contributed by atoms with Gasteiger partial charge >= 0.3 is 0 Å². The van der Waals surface area contributed by atoms with Gasteiger partial charge in [0.15, 0.2) is 5.69 Å². The fourth-order valence-corrected chi connectivity index (χ4v) is 1.64. The fourth-order valence-electron chi connectivity index (χ4n) is 1.28. The summed E-state index contributed by atoms with van der Waals surface area (Å²) < 4.78 is 0.927. The van der Waals surface area contributed by atoms with Crippen molar-refractivity contribution in [3.05, 3.63) is 28.4 Å². The first-order valence-electron chi connectivity index (χ1n) is 4.08. The quantitative estimate of drug-likeness (QED) is 0.813. The van der Waals surface area contributed by atoms with Gasteiger partial charge in [0.05, 0.1) is 5.52 Å². The monoisotopic (exact) mass is 253 g/mol. The van der Waals surface area contributed by atoms with Crippen LogP contribution >= 0.6 is 15.9 Å². The second-order valence-corrected chi connectivity index (χ2v) is 3.76. The van der Waals surface area contributed by atoms with Gasteiger partial charge in [0.25, 0.3) is 5.91 Å². The Morgan fingerprint density at radius 1 is 1.57 bits per heavy atom. The molecule has 1 aromatic heterocycles. The topological polar surface area (TPSA) is 57.8 Å². The highest BCUT2D eigenvalue weighted by atomic mass is 79.9. The normalized spacial score (nSPS) is 10.4. The number of amides is 1. The average molecular weight is 254 g/mol. The Morgan fingerprint density at radius 2 is 2.36 bits per heavy atom. The highest BCUT2D eigenvalue weighted by Crippen LogP contribution is 2.20. The van der Waals surface area contributed by atoms with E-state index in [1.54, 1.807) is 7.05 Å². The molecule has 0 saturated heterocycles. The molecule has 0 bridgehead atoms. The predicted octanol–water partition coefficient (Wildman–Crippen LogP) is 1.69. The Labute approximate surface area is 88.8 Å². The van der Waals surface area contributed by atoms with E-state index in [4.69, 9.17) is 0 Å². The molecule has 1 aromatic carbocycles. The molecular weight excluding hydrogens is 246 g/mol. The number of hydrogen-bond acceptors (Lipinski definition) is 2. The molecule has 0 saturated carbocycles. The zero-order valence-corrected chi connectivity index (χ0v) is 9.05. The second-order valence-electron chi connectivity index (χ2n) is 2.84. The molecule has 0 aliphatic carbocycles. The van der Waals surface area contributed by atoms with Gasteiger partial charge in [-0.15, -0.1) is 0 Å².